The van der Waals surface area contributed by atoms with Gasteiger partial charge in [0, 0.05) is 24.0 Å². The average molecular weight is 318 g/mol. The molecule has 0 radical (unpaired) electrons. The first-order chi connectivity index (χ1) is 9.45. The fourth-order valence-electron chi connectivity index (χ4n) is 2.23. The highest BCUT2D eigenvalue weighted by Gasteiger charge is 2.30. The van der Waals surface area contributed by atoms with Gasteiger partial charge in [0.15, 0.2) is 0 Å². The first kappa shape index (κ1) is 15.1. The summed E-state index contributed by atoms with van der Waals surface area (Å²) in [7, 11) is -3.50. The number of oxime groups is 1. The fraction of sp³-hybridized carbons (Fsp3) is 0.417. The number of amidine groups is 1. The summed E-state index contributed by atoms with van der Waals surface area (Å²) < 4.78 is 26.2. The lowest BCUT2D eigenvalue weighted by atomic mass is 9.97. The van der Waals surface area contributed by atoms with Crippen molar-refractivity contribution in [2.75, 3.05) is 13.1 Å². The van der Waals surface area contributed by atoms with Crippen LogP contribution in [-0.2, 0) is 10.0 Å². The van der Waals surface area contributed by atoms with Crippen molar-refractivity contribution in [3.05, 3.63) is 29.3 Å². The molecule has 6 nitrogen and oxygen atoms in total. The topological polar surface area (TPSA) is 96.0 Å². The highest BCUT2D eigenvalue weighted by Crippen LogP contribution is 2.24. The third-order valence-electron chi connectivity index (χ3n) is 3.44. The number of nitrogens with two attached hydrogens (primary N) is 1. The van der Waals surface area contributed by atoms with Crippen LogP contribution in [0.3, 0.4) is 0 Å². The van der Waals surface area contributed by atoms with Gasteiger partial charge in [0.25, 0.3) is 0 Å². The van der Waals surface area contributed by atoms with Crippen molar-refractivity contribution in [2.45, 2.75) is 17.7 Å². The Labute approximate surface area is 122 Å². The molecule has 1 aromatic carbocycles. The molecule has 0 spiro atoms. The number of rotatable bonds is 3. The monoisotopic (exact) mass is 317 g/mol. The van der Waals surface area contributed by atoms with E-state index in [1.165, 1.54) is 16.4 Å². The molecule has 1 aromatic rings. The van der Waals surface area contributed by atoms with Gasteiger partial charge in [-0.25, -0.2) is 8.42 Å². The SMILES string of the molecule is NC(=NO)C1CCN(S(=O)(=O)c2ccc(Cl)cc2)CC1. The van der Waals surface area contributed by atoms with Gasteiger partial charge in [0.05, 0.1) is 4.90 Å². The quantitative estimate of drug-likeness (QED) is 0.382. The van der Waals surface area contributed by atoms with Crippen molar-refractivity contribution < 1.29 is 13.6 Å². The number of nitrogens with zero attached hydrogens (tertiary/aromatic N) is 2. The molecule has 1 heterocycles. The van der Waals surface area contributed by atoms with Gasteiger partial charge in [-0.05, 0) is 37.1 Å². The second-order valence-electron chi connectivity index (χ2n) is 4.66. The number of sulfonamides is 1. The smallest absolute Gasteiger partial charge is 0.243 e. The maximum atomic E-state index is 12.4. The highest BCUT2D eigenvalue weighted by molar-refractivity contribution is 7.89. The summed E-state index contributed by atoms with van der Waals surface area (Å²) >= 11 is 5.76. The predicted octanol–water partition coefficient (Wildman–Crippen LogP) is 1.49. The van der Waals surface area contributed by atoms with Crippen LogP contribution in [0.25, 0.3) is 0 Å². The highest BCUT2D eigenvalue weighted by atomic mass is 35.5. The van der Waals surface area contributed by atoms with Gasteiger partial charge in [0.2, 0.25) is 10.0 Å². The maximum absolute atomic E-state index is 12.4. The van der Waals surface area contributed by atoms with E-state index >= 15 is 0 Å². The standard InChI is InChI=1S/C12H16ClN3O3S/c13-10-1-3-11(4-2-10)20(18,19)16-7-5-9(6-8-16)12(14)15-17/h1-4,9,17H,5-8H2,(H2,14,15). The summed E-state index contributed by atoms with van der Waals surface area (Å²) in [5.74, 6) is 0.0882. The second-order valence-corrected chi connectivity index (χ2v) is 7.03. The van der Waals surface area contributed by atoms with Crippen molar-refractivity contribution in [3.8, 4) is 0 Å². The van der Waals surface area contributed by atoms with Gasteiger partial charge in [-0.3, -0.25) is 0 Å². The molecule has 3 N–H and O–H groups in total. The third kappa shape index (κ3) is 3.05. The van der Waals surface area contributed by atoms with E-state index in [9.17, 15) is 8.42 Å². The molecule has 1 fully saturated rings. The normalized spacial score (nSPS) is 19.1. The summed E-state index contributed by atoms with van der Waals surface area (Å²) in [6.45, 7) is 0.706. The van der Waals surface area contributed by atoms with Crippen LogP contribution in [0.1, 0.15) is 12.8 Å². The second kappa shape index (κ2) is 5.99. The molecule has 110 valence electrons. The molecule has 0 aromatic heterocycles. The molecule has 1 aliphatic heterocycles. The molecule has 1 aliphatic rings. The van der Waals surface area contributed by atoms with Crippen molar-refractivity contribution in [2.24, 2.45) is 16.8 Å². The molecule has 20 heavy (non-hydrogen) atoms. The molecule has 0 amide bonds. The van der Waals surface area contributed by atoms with Crippen LogP contribution in [0.2, 0.25) is 5.02 Å². The summed E-state index contributed by atoms with van der Waals surface area (Å²) in [6.07, 6.45) is 1.09. The molecule has 1 saturated heterocycles. The maximum Gasteiger partial charge on any atom is 0.243 e. The molecule has 0 unspecified atom stereocenters. The Bertz CT molecular complexity index is 593. The zero-order valence-electron chi connectivity index (χ0n) is 10.7. The van der Waals surface area contributed by atoms with E-state index < -0.39 is 10.0 Å². The lowest BCUT2D eigenvalue weighted by Gasteiger charge is -2.30. The van der Waals surface area contributed by atoms with Crippen LogP contribution >= 0.6 is 11.6 Å². The molecule has 0 aliphatic carbocycles. The van der Waals surface area contributed by atoms with Crippen molar-refractivity contribution in [1.82, 2.24) is 4.31 Å². The summed E-state index contributed by atoms with van der Waals surface area (Å²) in [4.78, 5) is 0.226. The van der Waals surface area contributed by atoms with E-state index in [-0.39, 0.29) is 16.6 Å². The Morgan fingerprint density at radius 2 is 1.85 bits per heavy atom. The lowest BCUT2D eigenvalue weighted by molar-refractivity contribution is 0.291. The Hall–Kier alpha value is -1.31. The fourth-order valence-corrected chi connectivity index (χ4v) is 3.82. The van der Waals surface area contributed by atoms with Crippen LogP contribution in [0.5, 0.6) is 0 Å². The first-order valence-corrected chi connectivity index (χ1v) is 8.00. The van der Waals surface area contributed by atoms with Crippen LogP contribution in [0.4, 0.5) is 0 Å². The van der Waals surface area contributed by atoms with Gasteiger partial charge >= 0.3 is 0 Å². The van der Waals surface area contributed by atoms with Crippen LogP contribution in [0, 0.1) is 5.92 Å². The average Bonchev–Trinajstić information content (AvgIpc) is 2.47. The van der Waals surface area contributed by atoms with E-state index in [2.05, 4.69) is 5.16 Å². The third-order valence-corrected chi connectivity index (χ3v) is 5.60. The summed E-state index contributed by atoms with van der Waals surface area (Å²) in [5.41, 5.74) is 5.55. The van der Waals surface area contributed by atoms with E-state index in [0.29, 0.717) is 31.0 Å². The Morgan fingerprint density at radius 3 is 2.35 bits per heavy atom. The zero-order chi connectivity index (χ0) is 14.8. The van der Waals surface area contributed by atoms with Gasteiger partial charge in [0.1, 0.15) is 5.84 Å². The minimum Gasteiger partial charge on any atom is -0.409 e. The number of piperidine rings is 1. The molecular weight excluding hydrogens is 302 g/mol. The van der Waals surface area contributed by atoms with E-state index in [1.54, 1.807) is 12.1 Å². The van der Waals surface area contributed by atoms with Crippen molar-refractivity contribution in [1.29, 1.82) is 0 Å². The van der Waals surface area contributed by atoms with Crippen LogP contribution in [0.15, 0.2) is 34.3 Å². The van der Waals surface area contributed by atoms with Gasteiger partial charge in [-0.2, -0.15) is 4.31 Å². The largest absolute Gasteiger partial charge is 0.409 e. The Balaban J connectivity index is 2.11. The van der Waals surface area contributed by atoms with Gasteiger partial charge in [-0.15, -0.1) is 0 Å². The summed E-state index contributed by atoms with van der Waals surface area (Å²) in [5, 5.41) is 12.1. The Kier molecular flexibility index (Phi) is 4.52. The van der Waals surface area contributed by atoms with Crippen molar-refractivity contribution >= 4 is 27.5 Å². The van der Waals surface area contributed by atoms with Crippen LogP contribution < -0.4 is 5.73 Å². The molecule has 2 rings (SSSR count). The predicted molar refractivity (Wildman–Crippen MR) is 76.3 cm³/mol. The van der Waals surface area contributed by atoms with Crippen molar-refractivity contribution in [3.63, 3.8) is 0 Å². The first-order valence-electron chi connectivity index (χ1n) is 6.18. The number of hydrogen-bond donors (Lipinski definition) is 2. The number of hydrogen-bond acceptors (Lipinski definition) is 4. The molecule has 0 bridgehead atoms. The van der Waals surface area contributed by atoms with E-state index in [1.807, 2.05) is 0 Å². The van der Waals surface area contributed by atoms with Gasteiger partial charge < -0.3 is 10.9 Å². The summed E-state index contributed by atoms with van der Waals surface area (Å²) in [6, 6.07) is 6.09. The zero-order valence-corrected chi connectivity index (χ0v) is 12.3. The van der Waals surface area contributed by atoms with Crippen LogP contribution in [-0.4, -0.2) is 36.9 Å². The van der Waals surface area contributed by atoms with E-state index in [4.69, 9.17) is 22.5 Å². The number of benzene rings is 1. The lowest BCUT2D eigenvalue weighted by Crippen LogP contribution is -2.41. The number of halogens is 1. The minimum atomic E-state index is -3.50. The molecular formula is C12H16ClN3O3S. The molecule has 0 saturated carbocycles. The minimum absolute atomic E-state index is 0.0725. The molecule has 0 atom stereocenters. The molecule has 8 heteroatoms. The van der Waals surface area contributed by atoms with E-state index in [0.717, 1.165) is 0 Å². The van der Waals surface area contributed by atoms with Gasteiger partial charge in [-0.1, -0.05) is 16.8 Å². The Morgan fingerprint density at radius 1 is 1.30 bits per heavy atom.